The maximum atomic E-state index is 11.5. The number of hydrogen-bond acceptors (Lipinski definition) is 4. The molecule has 2 amide bonds. The summed E-state index contributed by atoms with van der Waals surface area (Å²) >= 11 is 0. The van der Waals surface area contributed by atoms with Gasteiger partial charge in [-0.15, -0.1) is 0 Å². The van der Waals surface area contributed by atoms with Gasteiger partial charge in [-0.1, -0.05) is 0 Å². The Balaban J connectivity index is 2.15. The van der Waals surface area contributed by atoms with E-state index in [1.807, 2.05) is 0 Å². The van der Waals surface area contributed by atoms with E-state index in [-0.39, 0.29) is 37.7 Å². The number of amides is 2. The maximum Gasteiger partial charge on any atom is 0.309 e. The van der Waals surface area contributed by atoms with E-state index in [4.69, 9.17) is 9.84 Å². The number of imide groups is 1. The number of ether oxygens (including phenoxy) is 1. The van der Waals surface area contributed by atoms with Crippen LogP contribution in [-0.2, 0) is 19.1 Å². The molecule has 0 saturated carbocycles. The molecule has 6 heteroatoms. The number of nitrogens with zero attached hydrogens (tertiary/aromatic N) is 1. The Morgan fingerprint density at radius 1 is 1.41 bits per heavy atom. The molecular formula is C11H15NO5. The molecule has 0 aromatic carbocycles. The number of likely N-dealkylation sites (tertiary alicyclic amines) is 1. The summed E-state index contributed by atoms with van der Waals surface area (Å²) in [5, 5.41) is 9.15. The Bertz CT molecular complexity index is 364. The molecule has 1 N–H and O–H groups in total. The average Bonchev–Trinajstić information content (AvgIpc) is 2.58. The number of carboxylic acids is 1. The molecule has 0 radical (unpaired) electrons. The van der Waals surface area contributed by atoms with E-state index in [9.17, 15) is 14.4 Å². The summed E-state index contributed by atoms with van der Waals surface area (Å²) in [6.45, 7) is 1.88. The fourth-order valence-electron chi connectivity index (χ4n) is 2.24. The topological polar surface area (TPSA) is 83.9 Å². The molecule has 17 heavy (non-hydrogen) atoms. The highest BCUT2D eigenvalue weighted by atomic mass is 16.5. The highest BCUT2D eigenvalue weighted by molar-refractivity contribution is 6.02. The van der Waals surface area contributed by atoms with Gasteiger partial charge in [0.2, 0.25) is 11.8 Å². The van der Waals surface area contributed by atoms with Crippen molar-refractivity contribution in [2.24, 2.45) is 5.41 Å². The largest absolute Gasteiger partial charge is 0.481 e. The lowest BCUT2D eigenvalue weighted by molar-refractivity contribution is -0.176. The first-order valence-electron chi connectivity index (χ1n) is 5.64. The van der Waals surface area contributed by atoms with Crippen molar-refractivity contribution >= 4 is 17.8 Å². The Labute approximate surface area is 98.5 Å². The second kappa shape index (κ2) is 4.10. The molecule has 0 aromatic rings. The van der Waals surface area contributed by atoms with E-state index >= 15 is 0 Å². The zero-order chi connectivity index (χ0) is 12.6. The summed E-state index contributed by atoms with van der Waals surface area (Å²) in [5.74, 6) is -1.45. The van der Waals surface area contributed by atoms with E-state index in [2.05, 4.69) is 0 Å². The molecule has 2 atom stereocenters. The van der Waals surface area contributed by atoms with Gasteiger partial charge in [0.05, 0.1) is 12.0 Å². The third-order valence-corrected chi connectivity index (χ3v) is 3.48. The number of carboxylic acid groups (broad SMARTS) is 1. The molecule has 0 aromatic heterocycles. The minimum Gasteiger partial charge on any atom is -0.481 e. The molecule has 2 unspecified atom stereocenters. The first-order chi connectivity index (χ1) is 7.94. The van der Waals surface area contributed by atoms with Crippen LogP contribution < -0.4 is 0 Å². The summed E-state index contributed by atoms with van der Waals surface area (Å²) in [7, 11) is 0. The number of aliphatic carboxylic acids is 1. The van der Waals surface area contributed by atoms with Gasteiger partial charge in [-0.2, -0.15) is 0 Å². The van der Waals surface area contributed by atoms with Crippen LogP contribution in [0.25, 0.3) is 0 Å². The zero-order valence-corrected chi connectivity index (χ0v) is 9.64. The molecule has 2 heterocycles. The van der Waals surface area contributed by atoms with Crippen LogP contribution in [0.3, 0.4) is 0 Å². The van der Waals surface area contributed by atoms with Gasteiger partial charge < -0.3 is 9.84 Å². The van der Waals surface area contributed by atoms with Gasteiger partial charge in [0, 0.05) is 19.3 Å². The Hall–Kier alpha value is -1.43. The summed E-state index contributed by atoms with van der Waals surface area (Å²) in [4.78, 5) is 35.3. The third kappa shape index (κ3) is 2.04. The minimum absolute atomic E-state index is 0.166. The van der Waals surface area contributed by atoms with Gasteiger partial charge >= 0.3 is 5.97 Å². The molecule has 0 bridgehead atoms. The van der Waals surface area contributed by atoms with Crippen LogP contribution in [0, 0.1) is 5.41 Å². The van der Waals surface area contributed by atoms with Crippen LogP contribution in [0.2, 0.25) is 0 Å². The average molecular weight is 241 g/mol. The number of rotatable bonds is 2. The van der Waals surface area contributed by atoms with Crippen molar-refractivity contribution in [3.63, 3.8) is 0 Å². The van der Waals surface area contributed by atoms with Crippen LogP contribution in [-0.4, -0.2) is 40.6 Å². The summed E-state index contributed by atoms with van der Waals surface area (Å²) in [6.07, 6.45) is 0.243. The van der Waals surface area contributed by atoms with Gasteiger partial charge in [-0.05, 0) is 13.3 Å². The molecular weight excluding hydrogens is 226 g/mol. The zero-order valence-electron chi connectivity index (χ0n) is 9.64. The van der Waals surface area contributed by atoms with E-state index in [0.29, 0.717) is 6.42 Å². The molecule has 6 nitrogen and oxygen atoms in total. The van der Waals surface area contributed by atoms with Gasteiger partial charge in [0.15, 0.2) is 0 Å². The van der Waals surface area contributed by atoms with Gasteiger partial charge in [0.1, 0.15) is 6.23 Å². The third-order valence-electron chi connectivity index (χ3n) is 3.48. The van der Waals surface area contributed by atoms with Crippen molar-refractivity contribution in [1.82, 2.24) is 4.90 Å². The van der Waals surface area contributed by atoms with Crippen molar-refractivity contribution in [3.05, 3.63) is 0 Å². The lowest BCUT2D eigenvalue weighted by Crippen LogP contribution is -2.49. The van der Waals surface area contributed by atoms with E-state index in [1.54, 1.807) is 6.92 Å². The predicted octanol–water partition coefficient (Wildman–Crippen LogP) is 0.363. The summed E-state index contributed by atoms with van der Waals surface area (Å²) < 4.78 is 5.37. The van der Waals surface area contributed by atoms with Crippen molar-refractivity contribution in [1.29, 1.82) is 0 Å². The Morgan fingerprint density at radius 2 is 2.00 bits per heavy atom. The van der Waals surface area contributed by atoms with Crippen LogP contribution in [0.15, 0.2) is 0 Å². The number of hydrogen-bond donors (Lipinski definition) is 1. The summed E-state index contributed by atoms with van der Waals surface area (Å²) in [6, 6.07) is 0. The lowest BCUT2D eigenvalue weighted by Gasteiger charge is -2.38. The molecule has 2 fully saturated rings. The second-order valence-corrected chi connectivity index (χ2v) is 4.80. The van der Waals surface area contributed by atoms with Crippen molar-refractivity contribution in [3.8, 4) is 0 Å². The fourth-order valence-corrected chi connectivity index (χ4v) is 2.24. The Morgan fingerprint density at radius 3 is 2.53 bits per heavy atom. The fraction of sp³-hybridized carbons (Fsp3) is 0.727. The van der Waals surface area contributed by atoms with Gasteiger partial charge in [0.25, 0.3) is 0 Å². The van der Waals surface area contributed by atoms with Crippen LogP contribution in [0.1, 0.15) is 32.6 Å². The molecule has 2 aliphatic rings. The highest BCUT2D eigenvalue weighted by Crippen LogP contribution is 2.35. The Kier molecular flexibility index (Phi) is 2.91. The van der Waals surface area contributed by atoms with Gasteiger partial charge in [-0.25, -0.2) is 0 Å². The summed E-state index contributed by atoms with van der Waals surface area (Å²) in [5.41, 5.74) is -0.925. The first-order valence-corrected chi connectivity index (χ1v) is 5.64. The highest BCUT2D eigenvalue weighted by Gasteiger charge is 2.45. The van der Waals surface area contributed by atoms with Crippen molar-refractivity contribution < 1.29 is 24.2 Å². The van der Waals surface area contributed by atoms with E-state index in [0.717, 1.165) is 4.90 Å². The molecule has 2 saturated heterocycles. The lowest BCUT2D eigenvalue weighted by atomic mass is 9.81. The smallest absolute Gasteiger partial charge is 0.309 e. The van der Waals surface area contributed by atoms with Crippen molar-refractivity contribution in [2.75, 3.05) is 6.61 Å². The molecule has 94 valence electrons. The number of carbonyl (C=O) groups is 3. The molecule has 0 spiro atoms. The van der Waals surface area contributed by atoms with Crippen LogP contribution >= 0.6 is 0 Å². The quantitative estimate of drug-likeness (QED) is 0.706. The van der Waals surface area contributed by atoms with E-state index in [1.165, 1.54) is 0 Å². The normalized spacial score (nSPS) is 34.2. The van der Waals surface area contributed by atoms with Crippen LogP contribution in [0.5, 0.6) is 0 Å². The van der Waals surface area contributed by atoms with Gasteiger partial charge in [-0.3, -0.25) is 19.3 Å². The monoisotopic (exact) mass is 241 g/mol. The standard InChI is InChI=1S/C11H15NO5/c1-11(10(15)16)4-5-17-9(6-11)12-7(13)2-3-8(12)14/h9H,2-6H2,1H3,(H,15,16). The molecule has 0 aliphatic carbocycles. The van der Waals surface area contributed by atoms with Crippen molar-refractivity contribution in [2.45, 2.75) is 38.8 Å². The molecule has 2 aliphatic heterocycles. The first kappa shape index (κ1) is 12.0. The SMILES string of the molecule is CC1(C(=O)O)CCOC(N2C(=O)CCC2=O)C1. The van der Waals surface area contributed by atoms with E-state index < -0.39 is 17.6 Å². The number of carbonyl (C=O) groups excluding carboxylic acids is 2. The minimum atomic E-state index is -0.925. The maximum absolute atomic E-state index is 11.5. The predicted molar refractivity (Wildman–Crippen MR) is 55.8 cm³/mol. The second-order valence-electron chi connectivity index (χ2n) is 4.80. The van der Waals surface area contributed by atoms with Crippen LogP contribution in [0.4, 0.5) is 0 Å². The molecule has 2 rings (SSSR count).